The molecule has 0 spiro atoms. The van der Waals surface area contributed by atoms with Crippen molar-refractivity contribution in [3.63, 3.8) is 0 Å². The van der Waals surface area contributed by atoms with Crippen LogP contribution in [0.4, 0.5) is 0 Å². The van der Waals surface area contributed by atoms with E-state index in [1.54, 1.807) is 0 Å². The van der Waals surface area contributed by atoms with Crippen molar-refractivity contribution in [1.29, 1.82) is 0 Å². The van der Waals surface area contributed by atoms with Gasteiger partial charge in [-0.05, 0) is 41.3 Å². The van der Waals surface area contributed by atoms with Crippen LogP contribution >= 0.6 is 17.8 Å². The average molecular weight is 793 g/mol. The van der Waals surface area contributed by atoms with Crippen molar-refractivity contribution >= 4 is 69.4 Å². The topological polar surface area (TPSA) is 52.6 Å². The molecule has 0 amide bonds. The molecule has 0 bridgehead atoms. The Morgan fingerprint density at radius 1 is 0.525 bits per heavy atom. The Kier molecular flexibility index (Phi) is 20.8. The van der Waals surface area contributed by atoms with Gasteiger partial charge in [0.05, 0.1) is 0 Å². The Morgan fingerprint density at radius 2 is 0.800 bits per heavy atom. The average Bonchev–Trinajstić information content (AvgIpc) is 2.96. The molecule has 8 heteroatoms. The van der Waals surface area contributed by atoms with Crippen molar-refractivity contribution in [1.82, 2.24) is 9.80 Å². The molecule has 0 aliphatic rings. The van der Waals surface area contributed by atoms with Gasteiger partial charge in [0.1, 0.15) is 0 Å². The summed E-state index contributed by atoms with van der Waals surface area (Å²) in [5.74, 6) is 0. The van der Waals surface area contributed by atoms with Gasteiger partial charge in [0.15, 0.2) is 0 Å². The molecule has 40 heavy (non-hydrogen) atoms. The summed E-state index contributed by atoms with van der Waals surface area (Å²) in [6.07, 6.45) is 0. The molecule has 4 nitrogen and oxygen atoms in total. The molecule has 4 aromatic rings. The number of benzene rings is 4. The first-order chi connectivity index (χ1) is 19.2. The van der Waals surface area contributed by atoms with Crippen LogP contribution < -0.4 is 24.5 Å². The Hall–Kier alpha value is -1.10. The van der Waals surface area contributed by atoms with E-state index in [0.29, 0.717) is 13.1 Å². The molecule has 0 saturated carbocycles. The predicted molar refractivity (Wildman–Crippen MR) is 174 cm³/mol. The molecule has 0 N–H and O–H groups in total. The quantitative estimate of drug-likeness (QED) is 0.256. The van der Waals surface area contributed by atoms with E-state index in [2.05, 4.69) is 60.7 Å². The van der Waals surface area contributed by atoms with Gasteiger partial charge >= 0.3 is 191 Å². The number of halogens is 2. The summed E-state index contributed by atoms with van der Waals surface area (Å²) in [6.45, 7) is 1.32. The van der Waals surface area contributed by atoms with E-state index >= 15 is 0 Å². The van der Waals surface area contributed by atoms with Gasteiger partial charge in [0.2, 0.25) is 0 Å². The number of rotatable bonds is 8. The standard InChI is InChI=1S/4C6H5.2C4H10NO.2ClH.2Sn/c4*1-2-4-6-5-3-1;2*1-5(2)3-4-6;;;;/h4*1-5H;2*3-4H2,1-2H3;2*1H;;/q;;;;2*-1;;;2*+2/p-2. The molecule has 0 fully saturated rings. The van der Waals surface area contributed by atoms with Gasteiger partial charge in [0.25, 0.3) is 0 Å². The maximum atomic E-state index is 9.70. The van der Waals surface area contributed by atoms with Crippen molar-refractivity contribution in [2.75, 3.05) is 54.5 Å². The van der Waals surface area contributed by atoms with E-state index in [0.717, 1.165) is 7.16 Å². The van der Waals surface area contributed by atoms with Crippen LogP contribution in [0.1, 0.15) is 0 Å². The van der Waals surface area contributed by atoms with Crippen LogP contribution in [-0.4, -0.2) is 102 Å². The molecule has 0 saturated heterocycles. The van der Waals surface area contributed by atoms with Crippen LogP contribution in [0.3, 0.4) is 0 Å². The summed E-state index contributed by atoms with van der Waals surface area (Å²) in [5.41, 5.74) is 0. The zero-order valence-corrected chi connectivity index (χ0v) is 31.1. The van der Waals surface area contributed by atoms with Crippen LogP contribution in [0.2, 0.25) is 0 Å². The Balaban J connectivity index is 0.000000291. The van der Waals surface area contributed by atoms with Crippen molar-refractivity contribution < 1.29 is 10.2 Å². The molecule has 0 radical (unpaired) electrons. The van der Waals surface area contributed by atoms with Crippen molar-refractivity contribution in [2.45, 2.75) is 0 Å². The Morgan fingerprint density at radius 3 is 1.02 bits per heavy atom. The van der Waals surface area contributed by atoms with Crippen LogP contribution in [0, 0.1) is 0 Å². The first-order valence-electron chi connectivity index (χ1n) is 13.0. The molecular formula is C32H40Cl2N2O2Sn2. The van der Waals surface area contributed by atoms with Crippen molar-refractivity contribution in [2.24, 2.45) is 0 Å². The second-order valence-electron chi connectivity index (χ2n) is 9.18. The first kappa shape index (κ1) is 36.9. The van der Waals surface area contributed by atoms with Gasteiger partial charge in [0, 0.05) is 0 Å². The number of nitrogens with zero attached hydrogens (tertiary/aromatic N) is 2. The normalized spacial score (nSPS) is 10.2. The van der Waals surface area contributed by atoms with Crippen LogP contribution in [0.5, 0.6) is 0 Å². The van der Waals surface area contributed by atoms with Crippen LogP contribution in [0.15, 0.2) is 121 Å². The van der Waals surface area contributed by atoms with E-state index in [-0.39, 0.29) is 13.2 Å². The van der Waals surface area contributed by atoms with E-state index in [4.69, 9.17) is 17.8 Å². The number of hydrogen-bond acceptors (Lipinski definition) is 4. The zero-order valence-electron chi connectivity index (χ0n) is 23.8. The van der Waals surface area contributed by atoms with E-state index < -0.39 is 37.3 Å². The van der Waals surface area contributed by atoms with Crippen LogP contribution in [0.25, 0.3) is 0 Å². The summed E-state index contributed by atoms with van der Waals surface area (Å²) in [6, 6.07) is 41.5. The van der Waals surface area contributed by atoms with Gasteiger partial charge in [-0.2, -0.15) is 0 Å². The second kappa shape index (κ2) is 22.5. The number of likely N-dealkylation sites (N-methyl/N-ethyl adjacent to an activating group) is 2. The monoisotopic (exact) mass is 794 g/mol. The fourth-order valence-electron chi connectivity index (χ4n) is 3.04. The molecule has 0 aromatic heterocycles. The summed E-state index contributed by atoms with van der Waals surface area (Å²) in [5, 5.41) is 19.4. The molecule has 0 unspecified atom stereocenters. The molecule has 0 atom stereocenters. The third kappa shape index (κ3) is 17.0. The SMILES string of the molecule is CN(C)CC[O-].CN(C)CC[O-].[Cl][Sn]([Cl])([c]1ccccc1)[c]1ccccc1.c1cc[c]([Sn+2][c]2ccccc2)cc1. The van der Waals surface area contributed by atoms with Gasteiger partial charge < -0.3 is 20.0 Å². The summed E-state index contributed by atoms with van der Waals surface area (Å²) in [4.78, 5) is 3.74. The van der Waals surface area contributed by atoms with Gasteiger partial charge in [-0.1, -0.05) is 0 Å². The Labute approximate surface area is 263 Å². The number of hydrogen-bond donors (Lipinski definition) is 0. The van der Waals surface area contributed by atoms with Gasteiger partial charge in [-0.15, -0.1) is 13.2 Å². The summed E-state index contributed by atoms with van der Waals surface area (Å²) < 4.78 is 5.28. The predicted octanol–water partition coefficient (Wildman–Crippen LogP) is 1.88. The van der Waals surface area contributed by atoms with Crippen molar-refractivity contribution in [3.05, 3.63) is 121 Å². The third-order valence-corrected chi connectivity index (χ3v) is 20.6. The summed E-state index contributed by atoms with van der Waals surface area (Å²) >= 11 is -3.82. The molecule has 4 rings (SSSR count). The van der Waals surface area contributed by atoms with E-state index in [1.807, 2.05) is 98.7 Å². The van der Waals surface area contributed by atoms with Gasteiger partial charge in [-0.3, -0.25) is 0 Å². The first-order valence-corrected chi connectivity index (χ1v) is 26.0. The molecular weight excluding hydrogens is 753 g/mol. The van der Waals surface area contributed by atoms with Crippen molar-refractivity contribution in [3.8, 4) is 0 Å². The van der Waals surface area contributed by atoms with Gasteiger partial charge in [-0.25, -0.2) is 0 Å². The maximum absolute atomic E-state index is 9.70. The summed E-state index contributed by atoms with van der Waals surface area (Å²) in [7, 11) is 20.7. The molecule has 0 aliphatic carbocycles. The molecule has 0 aliphatic heterocycles. The van der Waals surface area contributed by atoms with E-state index in [9.17, 15) is 10.2 Å². The fourth-order valence-corrected chi connectivity index (χ4v) is 13.9. The minimum absolute atomic E-state index is 0.00694. The Bertz CT molecular complexity index is 1030. The third-order valence-electron chi connectivity index (χ3n) is 5.19. The molecule has 4 aromatic carbocycles. The molecule has 212 valence electrons. The fraction of sp³-hybridized carbons (Fsp3) is 0.250. The molecule has 0 heterocycles. The zero-order chi connectivity index (χ0) is 29.6. The van der Waals surface area contributed by atoms with Crippen LogP contribution in [-0.2, 0) is 0 Å². The minimum atomic E-state index is -3.30. The second-order valence-corrected chi connectivity index (χ2v) is 28.7. The van der Waals surface area contributed by atoms with E-state index in [1.165, 1.54) is 7.16 Å².